The first-order valence-electron chi connectivity index (χ1n) is 6.37. The van der Waals surface area contributed by atoms with Crippen molar-refractivity contribution in [1.82, 2.24) is 15.2 Å². The Morgan fingerprint density at radius 2 is 2.16 bits per heavy atom. The van der Waals surface area contributed by atoms with Crippen LogP contribution in [0.5, 0.6) is 0 Å². The number of oxazole rings is 1. The molecule has 2 heterocycles. The normalized spacial score (nSPS) is 16.5. The van der Waals surface area contributed by atoms with E-state index in [-0.39, 0.29) is 5.91 Å². The second kappa shape index (κ2) is 4.89. The molecule has 0 atom stereocenters. The third kappa shape index (κ3) is 2.39. The summed E-state index contributed by atoms with van der Waals surface area (Å²) in [4.78, 5) is 27.9. The van der Waals surface area contributed by atoms with Crippen LogP contribution in [0.25, 0.3) is 11.1 Å². The van der Waals surface area contributed by atoms with Gasteiger partial charge in [0.25, 0.3) is 5.91 Å². The van der Waals surface area contributed by atoms with Crippen molar-refractivity contribution in [2.45, 2.75) is 6.42 Å². The highest BCUT2D eigenvalue weighted by atomic mass is 16.4. The molecule has 1 aliphatic rings. The minimum Gasteiger partial charge on any atom is -0.408 e. The average Bonchev–Trinajstić information content (AvgIpc) is 2.63. The number of aromatic nitrogens is 1. The fourth-order valence-corrected chi connectivity index (χ4v) is 2.32. The molecule has 6 nitrogen and oxygen atoms in total. The van der Waals surface area contributed by atoms with Gasteiger partial charge in [-0.25, -0.2) is 4.79 Å². The Hall–Kier alpha value is -2.08. The maximum atomic E-state index is 12.4. The van der Waals surface area contributed by atoms with Crippen LogP contribution in [0.2, 0.25) is 0 Å². The van der Waals surface area contributed by atoms with Gasteiger partial charge in [-0.05, 0) is 31.2 Å². The molecule has 2 aromatic rings. The molecule has 0 saturated carbocycles. The molecule has 0 unspecified atom stereocenters. The van der Waals surface area contributed by atoms with Gasteiger partial charge in [0.2, 0.25) is 0 Å². The molecule has 0 bridgehead atoms. The maximum absolute atomic E-state index is 12.4. The topological polar surface area (TPSA) is 78.3 Å². The highest BCUT2D eigenvalue weighted by molar-refractivity contribution is 5.97. The number of hydrogen-bond donors (Lipinski definition) is 2. The summed E-state index contributed by atoms with van der Waals surface area (Å²) in [5, 5.41) is 3.26. The fourth-order valence-electron chi connectivity index (χ4n) is 2.32. The first kappa shape index (κ1) is 12.0. The van der Waals surface area contributed by atoms with Gasteiger partial charge in [-0.1, -0.05) is 0 Å². The van der Waals surface area contributed by atoms with E-state index in [9.17, 15) is 9.59 Å². The standard InChI is InChI=1S/C13H15N3O3/c17-12(16-6-1-4-14-5-7-16)9-2-3-11-10(8-9)15-13(18)19-11/h2-3,8,14H,1,4-7H2,(H,15,18). The lowest BCUT2D eigenvalue weighted by Gasteiger charge is -2.19. The largest absolute Gasteiger partial charge is 0.417 e. The first-order chi connectivity index (χ1) is 9.24. The van der Waals surface area contributed by atoms with Gasteiger partial charge >= 0.3 is 5.76 Å². The van der Waals surface area contributed by atoms with Gasteiger partial charge in [-0.2, -0.15) is 0 Å². The molecule has 0 aliphatic carbocycles. The third-order valence-corrected chi connectivity index (χ3v) is 3.29. The number of benzene rings is 1. The van der Waals surface area contributed by atoms with E-state index in [0.29, 0.717) is 23.2 Å². The Bertz CT molecular complexity index is 650. The summed E-state index contributed by atoms with van der Waals surface area (Å²) in [5.41, 5.74) is 1.61. The second-order valence-corrected chi connectivity index (χ2v) is 4.62. The van der Waals surface area contributed by atoms with Crippen LogP contribution >= 0.6 is 0 Å². The molecule has 1 aromatic heterocycles. The van der Waals surface area contributed by atoms with E-state index in [1.807, 2.05) is 4.90 Å². The van der Waals surface area contributed by atoms with Crippen molar-refractivity contribution in [2.24, 2.45) is 0 Å². The summed E-state index contributed by atoms with van der Waals surface area (Å²) in [6, 6.07) is 5.01. The van der Waals surface area contributed by atoms with E-state index in [2.05, 4.69) is 10.3 Å². The van der Waals surface area contributed by atoms with Crippen LogP contribution in [0.15, 0.2) is 27.4 Å². The highest BCUT2D eigenvalue weighted by Crippen LogP contribution is 2.14. The lowest BCUT2D eigenvalue weighted by molar-refractivity contribution is 0.0766. The van der Waals surface area contributed by atoms with E-state index in [1.165, 1.54) is 0 Å². The number of nitrogens with one attached hydrogen (secondary N) is 2. The molecule has 1 amide bonds. The third-order valence-electron chi connectivity index (χ3n) is 3.29. The second-order valence-electron chi connectivity index (χ2n) is 4.62. The Morgan fingerprint density at radius 1 is 1.26 bits per heavy atom. The summed E-state index contributed by atoms with van der Waals surface area (Å²) >= 11 is 0. The van der Waals surface area contributed by atoms with Crippen molar-refractivity contribution in [3.63, 3.8) is 0 Å². The molecule has 1 fully saturated rings. The molecule has 3 rings (SSSR count). The first-order valence-corrected chi connectivity index (χ1v) is 6.37. The Balaban J connectivity index is 1.89. The van der Waals surface area contributed by atoms with E-state index >= 15 is 0 Å². The van der Waals surface area contributed by atoms with Crippen LogP contribution in [0.4, 0.5) is 0 Å². The molecular formula is C13H15N3O3. The van der Waals surface area contributed by atoms with Crippen molar-refractivity contribution in [1.29, 1.82) is 0 Å². The van der Waals surface area contributed by atoms with Gasteiger partial charge in [0.05, 0.1) is 5.52 Å². The fraction of sp³-hybridized carbons (Fsp3) is 0.385. The summed E-state index contributed by atoms with van der Waals surface area (Å²) in [6.07, 6.45) is 0.955. The molecule has 1 aliphatic heterocycles. The van der Waals surface area contributed by atoms with Crippen LogP contribution in [0.1, 0.15) is 16.8 Å². The van der Waals surface area contributed by atoms with Crippen LogP contribution in [0.3, 0.4) is 0 Å². The van der Waals surface area contributed by atoms with E-state index in [4.69, 9.17) is 4.42 Å². The predicted octanol–water partition coefficient (Wildman–Crippen LogP) is 0.557. The summed E-state index contributed by atoms with van der Waals surface area (Å²) in [5.74, 6) is -0.508. The number of H-pyrrole nitrogens is 1. The zero-order valence-electron chi connectivity index (χ0n) is 10.4. The molecule has 6 heteroatoms. The van der Waals surface area contributed by atoms with E-state index < -0.39 is 5.76 Å². The van der Waals surface area contributed by atoms with Crippen LogP contribution in [0, 0.1) is 0 Å². The smallest absolute Gasteiger partial charge is 0.408 e. The molecular weight excluding hydrogens is 246 g/mol. The molecule has 0 radical (unpaired) electrons. The summed E-state index contributed by atoms with van der Waals surface area (Å²) in [7, 11) is 0. The quantitative estimate of drug-likeness (QED) is 0.786. The van der Waals surface area contributed by atoms with Crippen molar-refractivity contribution >= 4 is 17.0 Å². The van der Waals surface area contributed by atoms with E-state index in [0.717, 1.165) is 26.1 Å². The summed E-state index contributed by atoms with van der Waals surface area (Å²) < 4.78 is 4.92. The lowest BCUT2D eigenvalue weighted by atomic mass is 10.1. The van der Waals surface area contributed by atoms with Gasteiger partial charge in [0, 0.05) is 25.2 Å². The number of nitrogens with zero attached hydrogens (tertiary/aromatic N) is 1. The van der Waals surface area contributed by atoms with Crippen molar-refractivity contribution in [3.05, 3.63) is 34.3 Å². The maximum Gasteiger partial charge on any atom is 0.417 e. The zero-order valence-corrected chi connectivity index (χ0v) is 10.4. The van der Waals surface area contributed by atoms with Crippen LogP contribution in [-0.4, -0.2) is 42.0 Å². The molecule has 1 aromatic carbocycles. The van der Waals surface area contributed by atoms with Gasteiger partial charge in [0.1, 0.15) is 0 Å². The lowest BCUT2D eigenvalue weighted by Crippen LogP contribution is -2.34. The van der Waals surface area contributed by atoms with Gasteiger partial charge < -0.3 is 14.6 Å². The minimum atomic E-state index is -0.501. The number of aromatic amines is 1. The number of carbonyl (C=O) groups excluding carboxylic acids is 1. The van der Waals surface area contributed by atoms with Crippen LogP contribution < -0.4 is 11.1 Å². The number of fused-ring (bicyclic) bond motifs is 1. The van der Waals surface area contributed by atoms with Gasteiger partial charge in [-0.15, -0.1) is 0 Å². The number of hydrogen-bond acceptors (Lipinski definition) is 4. The predicted molar refractivity (Wildman–Crippen MR) is 70.2 cm³/mol. The SMILES string of the molecule is O=C(c1ccc2oc(=O)[nH]c2c1)N1CCCNCC1. The molecule has 1 saturated heterocycles. The van der Waals surface area contributed by atoms with Crippen molar-refractivity contribution in [2.75, 3.05) is 26.2 Å². The Kier molecular flexibility index (Phi) is 3.08. The van der Waals surface area contributed by atoms with Gasteiger partial charge in [0.15, 0.2) is 5.58 Å². The molecule has 0 spiro atoms. The Labute approximate surface area is 109 Å². The number of rotatable bonds is 1. The molecule has 100 valence electrons. The van der Waals surface area contributed by atoms with Crippen molar-refractivity contribution < 1.29 is 9.21 Å². The number of carbonyl (C=O) groups is 1. The summed E-state index contributed by atoms with van der Waals surface area (Å²) in [6.45, 7) is 3.22. The molecule has 2 N–H and O–H groups in total. The number of amides is 1. The highest BCUT2D eigenvalue weighted by Gasteiger charge is 2.17. The monoisotopic (exact) mass is 261 g/mol. The van der Waals surface area contributed by atoms with Crippen LogP contribution in [-0.2, 0) is 0 Å². The molecule has 19 heavy (non-hydrogen) atoms. The average molecular weight is 261 g/mol. The zero-order chi connectivity index (χ0) is 13.2. The van der Waals surface area contributed by atoms with E-state index in [1.54, 1.807) is 18.2 Å². The Morgan fingerprint density at radius 3 is 3.05 bits per heavy atom. The minimum absolute atomic E-state index is 0.00681. The van der Waals surface area contributed by atoms with Gasteiger partial charge in [-0.3, -0.25) is 9.78 Å². The van der Waals surface area contributed by atoms with Crippen molar-refractivity contribution in [3.8, 4) is 0 Å².